The molecule has 3 rings (SSSR count). The quantitative estimate of drug-likeness (QED) is 0.251. The number of rotatable bonds is 10. The zero-order valence-electron chi connectivity index (χ0n) is 27.0. The van der Waals surface area contributed by atoms with E-state index in [-0.39, 0.29) is 30.2 Å². The highest BCUT2D eigenvalue weighted by atomic mass is 35.5. The molecule has 0 aliphatic carbocycles. The van der Waals surface area contributed by atoms with Crippen LogP contribution in [0, 0.1) is 11.3 Å². The molecule has 0 aliphatic heterocycles. The number of hydrogen-bond donors (Lipinski definition) is 2. The molecule has 0 bridgehead atoms. The Morgan fingerprint density at radius 3 is 2.23 bits per heavy atom. The molecular formula is C33H37ClF2N6O5. The standard InChI is InChI=1S/C33H37ClF2N6O5/c1-31(2,3)46-29(44)40-18-22-10-12-24(34)15-23(22)19-39-28(43)16-25-21(17-37)11-13-27(41-25)42(30(45)47-32(4,5)6)20-33(35,36)26-9-7-8-14-38-26/h7-15H,16,18-20H2,1-6H3,(H,39,43)(H,40,44). The molecule has 3 amide bonds. The molecule has 14 heteroatoms. The van der Waals surface area contributed by atoms with E-state index in [1.165, 1.54) is 30.5 Å². The van der Waals surface area contributed by atoms with Crippen molar-refractivity contribution in [1.82, 2.24) is 20.6 Å². The molecule has 0 atom stereocenters. The van der Waals surface area contributed by atoms with Gasteiger partial charge in [-0.15, -0.1) is 0 Å². The molecule has 0 saturated heterocycles. The van der Waals surface area contributed by atoms with Crippen molar-refractivity contribution in [3.8, 4) is 6.07 Å². The van der Waals surface area contributed by atoms with Crippen LogP contribution in [0.5, 0.6) is 0 Å². The summed E-state index contributed by atoms with van der Waals surface area (Å²) in [5, 5.41) is 15.5. The fourth-order valence-corrected chi connectivity index (χ4v) is 4.31. The number of nitrogens with one attached hydrogen (secondary N) is 2. The van der Waals surface area contributed by atoms with Crippen molar-refractivity contribution in [3.05, 3.63) is 87.8 Å². The lowest BCUT2D eigenvalue weighted by Crippen LogP contribution is -2.43. The second-order valence-electron chi connectivity index (χ2n) is 12.5. The van der Waals surface area contributed by atoms with E-state index in [9.17, 15) is 19.6 Å². The molecule has 2 N–H and O–H groups in total. The molecule has 3 aromatic rings. The van der Waals surface area contributed by atoms with Gasteiger partial charge in [-0.3, -0.25) is 14.7 Å². The summed E-state index contributed by atoms with van der Waals surface area (Å²) in [5.74, 6) is -4.40. The molecule has 0 fully saturated rings. The van der Waals surface area contributed by atoms with Crippen molar-refractivity contribution < 1.29 is 32.6 Å². The van der Waals surface area contributed by atoms with Crippen LogP contribution in [0.3, 0.4) is 0 Å². The summed E-state index contributed by atoms with van der Waals surface area (Å²) >= 11 is 6.18. The molecule has 11 nitrogen and oxygen atoms in total. The lowest BCUT2D eigenvalue weighted by Gasteiger charge is -2.29. The minimum absolute atomic E-state index is 0.00658. The Hall–Kier alpha value is -4.83. The highest BCUT2D eigenvalue weighted by molar-refractivity contribution is 6.30. The van der Waals surface area contributed by atoms with Gasteiger partial charge in [0.05, 0.1) is 17.7 Å². The largest absolute Gasteiger partial charge is 0.444 e. The van der Waals surface area contributed by atoms with Gasteiger partial charge in [0.1, 0.15) is 35.3 Å². The number of carbonyl (C=O) groups excluding carboxylic acids is 3. The summed E-state index contributed by atoms with van der Waals surface area (Å²) in [4.78, 5) is 47.0. The Labute approximate surface area is 277 Å². The molecule has 2 aromatic heterocycles. The minimum atomic E-state index is -3.60. The van der Waals surface area contributed by atoms with E-state index in [1.54, 1.807) is 59.7 Å². The Morgan fingerprint density at radius 2 is 1.62 bits per heavy atom. The summed E-state index contributed by atoms with van der Waals surface area (Å²) in [5.41, 5.74) is -1.03. The normalized spacial score (nSPS) is 11.7. The predicted molar refractivity (Wildman–Crippen MR) is 171 cm³/mol. The highest BCUT2D eigenvalue weighted by Crippen LogP contribution is 2.30. The Kier molecular flexibility index (Phi) is 11.8. The zero-order valence-corrected chi connectivity index (χ0v) is 27.7. The monoisotopic (exact) mass is 670 g/mol. The maximum absolute atomic E-state index is 15.3. The average Bonchev–Trinajstić information content (AvgIpc) is 2.97. The maximum atomic E-state index is 15.3. The van der Waals surface area contributed by atoms with Crippen LogP contribution < -0.4 is 15.5 Å². The van der Waals surface area contributed by atoms with Crippen LogP contribution in [0.15, 0.2) is 54.7 Å². The zero-order chi connectivity index (χ0) is 35.0. The third-order valence-corrected chi connectivity index (χ3v) is 6.40. The van der Waals surface area contributed by atoms with Gasteiger partial charge in [-0.25, -0.2) is 14.6 Å². The summed E-state index contributed by atoms with van der Waals surface area (Å²) in [6.45, 7) is 8.91. The first-order valence-electron chi connectivity index (χ1n) is 14.6. The summed E-state index contributed by atoms with van der Waals surface area (Å²) in [7, 11) is 0. The smallest absolute Gasteiger partial charge is 0.416 e. The lowest BCUT2D eigenvalue weighted by molar-refractivity contribution is -0.120. The van der Waals surface area contributed by atoms with E-state index < -0.39 is 53.9 Å². The van der Waals surface area contributed by atoms with E-state index in [0.717, 1.165) is 6.07 Å². The van der Waals surface area contributed by atoms with Crippen molar-refractivity contribution in [1.29, 1.82) is 5.26 Å². The van der Waals surface area contributed by atoms with Gasteiger partial charge in [-0.2, -0.15) is 14.0 Å². The predicted octanol–water partition coefficient (Wildman–Crippen LogP) is 6.42. The fraction of sp³-hybridized carbons (Fsp3) is 0.394. The number of anilines is 1. The van der Waals surface area contributed by atoms with Crippen LogP contribution in [0.1, 0.15) is 69.6 Å². The molecule has 0 aliphatic rings. The van der Waals surface area contributed by atoms with E-state index in [0.29, 0.717) is 21.0 Å². The lowest BCUT2D eigenvalue weighted by atomic mass is 10.1. The first-order valence-corrected chi connectivity index (χ1v) is 15.0. The Bertz CT molecular complexity index is 1640. The SMILES string of the molecule is CC(C)(C)OC(=O)NCc1ccc(Cl)cc1CNC(=O)Cc1nc(N(CC(F)(F)c2ccccn2)C(=O)OC(C)(C)C)ccc1C#N. The van der Waals surface area contributed by atoms with Crippen molar-refractivity contribution in [2.75, 3.05) is 11.4 Å². The number of pyridine rings is 2. The minimum Gasteiger partial charge on any atom is -0.444 e. The van der Waals surface area contributed by atoms with Gasteiger partial charge in [0.2, 0.25) is 5.91 Å². The van der Waals surface area contributed by atoms with Crippen molar-refractivity contribution >= 4 is 35.5 Å². The maximum Gasteiger partial charge on any atom is 0.416 e. The van der Waals surface area contributed by atoms with Gasteiger partial charge in [0.25, 0.3) is 0 Å². The van der Waals surface area contributed by atoms with Crippen LogP contribution in [0.4, 0.5) is 24.2 Å². The molecule has 0 radical (unpaired) electrons. The van der Waals surface area contributed by atoms with E-state index in [2.05, 4.69) is 20.6 Å². The molecule has 1 aromatic carbocycles. The molecule has 0 saturated carbocycles. The van der Waals surface area contributed by atoms with Crippen LogP contribution in [0.2, 0.25) is 5.02 Å². The van der Waals surface area contributed by atoms with Crippen LogP contribution in [0.25, 0.3) is 0 Å². The third kappa shape index (κ3) is 11.5. The Morgan fingerprint density at radius 1 is 0.936 bits per heavy atom. The number of alkyl carbamates (subject to hydrolysis) is 1. The molecular weight excluding hydrogens is 634 g/mol. The third-order valence-electron chi connectivity index (χ3n) is 6.16. The van der Waals surface area contributed by atoms with Gasteiger partial charge in [0, 0.05) is 24.3 Å². The number of carbonyl (C=O) groups is 3. The topological polar surface area (TPSA) is 147 Å². The average molecular weight is 671 g/mol. The van der Waals surface area contributed by atoms with Crippen molar-refractivity contribution in [3.63, 3.8) is 0 Å². The second-order valence-corrected chi connectivity index (χ2v) is 12.9. The number of halogens is 3. The fourth-order valence-electron chi connectivity index (χ4n) is 4.11. The second kappa shape index (κ2) is 15.2. The molecule has 47 heavy (non-hydrogen) atoms. The molecule has 0 unspecified atom stereocenters. The highest BCUT2D eigenvalue weighted by Gasteiger charge is 2.39. The van der Waals surface area contributed by atoms with E-state index >= 15 is 8.78 Å². The summed E-state index contributed by atoms with van der Waals surface area (Å²) < 4.78 is 41.3. The number of hydrogen-bond acceptors (Lipinski definition) is 8. The number of nitriles is 1. The van der Waals surface area contributed by atoms with Gasteiger partial charge in [-0.1, -0.05) is 23.7 Å². The van der Waals surface area contributed by atoms with Crippen molar-refractivity contribution in [2.24, 2.45) is 0 Å². The van der Waals surface area contributed by atoms with Gasteiger partial charge in [0.15, 0.2) is 0 Å². The number of nitrogens with zero attached hydrogens (tertiary/aromatic N) is 4. The number of alkyl halides is 2. The van der Waals surface area contributed by atoms with Crippen LogP contribution in [-0.2, 0) is 39.7 Å². The Balaban J connectivity index is 1.82. The van der Waals surface area contributed by atoms with Gasteiger partial charge >= 0.3 is 18.1 Å². The molecule has 2 heterocycles. The molecule has 250 valence electrons. The van der Waals surface area contributed by atoms with Crippen molar-refractivity contribution in [2.45, 2.75) is 78.2 Å². The first kappa shape index (κ1) is 36.6. The first-order chi connectivity index (χ1) is 21.9. The van der Waals surface area contributed by atoms with Gasteiger partial charge < -0.3 is 20.1 Å². The van der Waals surface area contributed by atoms with E-state index in [4.69, 9.17) is 21.1 Å². The number of amides is 3. The van der Waals surface area contributed by atoms with Crippen LogP contribution >= 0.6 is 11.6 Å². The van der Waals surface area contributed by atoms with Crippen LogP contribution in [-0.4, -0.2) is 45.8 Å². The number of ether oxygens (including phenoxy) is 2. The van der Waals surface area contributed by atoms with Gasteiger partial charge in [-0.05, 0) is 89.1 Å². The van der Waals surface area contributed by atoms with E-state index in [1.807, 2.05) is 6.07 Å². The summed E-state index contributed by atoms with van der Waals surface area (Å²) in [6.07, 6.45) is -0.923. The molecule has 0 spiro atoms. The number of aromatic nitrogens is 2. The summed E-state index contributed by atoms with van der Waals surface area (Å²) in [6, 6.07) is 13.4. The number of benzene rings is 1.